The van der Waals surface area contributed by atoms with Gasteiger partial charge in [0.2, 0.25) is 5.91 Å². The van der Waals surface area contributed by atoms with Crippen LogP contribution in [0.25, 0.3) is 16.6 Å². The number of nitrogens with one attached hydrogen (secondary N) is 1. The van der Waals surface area contributed by atoms with Crippen molar-refractivity contribution >= 4 is 22.7 Å². The number of primary amides is 1. The predicted octanol–water partition coefficient (Wildman–Crippen LogP) is 1.30. The van der Waals surface area contributed by atoms with Gasteiger partial charge in [-0.3, -0.25) is 19.0 Å². The molecule has 1 heterocycles. The lowest BCUT2D eigenvalue weighted by Gasteiger charge is -2.12. The molecule has 26 heavy (non-hydrogen) atoms. The Kier molecular flexibility index (Phi) is 4.53. The molecule has 3 aromatic rings. The Morgan fingerprint density at radius 1 is 1.12 bits per heavy atom. The summed E-state index contributed by atoms with van der Waals surface area (Å²) in [7, 11) is 0. The number of hydrogen-bond acceptors (Lipinski definition) is 4. The van der Waals surface area contributed by atoms with Gasteiger partial charge in [-0.15, -0.1) is 0 Å². The van der Waals surface area contributed by atoms with Crippen molar-refractivity contribution in [3.63, 3.8) is 0 Å². The van der Waals surface area contributed by atoms with E-state index in [-0.39, 0.29) is 5.56 Å². The average Bonchev–Trinajstić information content (AvgIpc) is 2.62. The molecular weight excluding hydrogens is 332 g/mol. The Morgan fingerprint density at radius 2 is 1.77 bits per heavy atom. The van der Waals surface area contributed by atoms with Crippen LogP contribution in [0, 0.1) is 6.92 Å². The van der Waals surface area contributed by atoms with Gasteiger partial charge in [-0.25, -0.2) is 4.98 Å². The average molecular weight is 350 g/mol. The molecule has 2 amide bonds. The second-order valence-electron chi connectivity index (χ2n) is 5.96. The van der Waals surface area contributed by atoms with Gasteiger partial charge < -0.3 is 11.1 Å². The van der Waals surface area contributed by atoms with E-state index in [1.54, 1.807) is 49.4 Å². The monoisotopic (exact) mass is 350 g/mol. The smallest absolute Gasteiger partial charge is 0.265 e. The number of carbonyl (C=O) groups excluding carboxylic acids is 2. The highest BCUT2D eigenvalue weighted by molar-refractivity contribution is 5.97. The van der Waals surface area contributed by atoms with E-state index < -0.39 is 17.9 Å². The van der Waals surface area contributed by atoms with Gasteiger partial charge in [-0.2, -0.15) is 0 Å². The molecule has 0 fully saturated rings. The molecule has 0 spiro atoms. The van der Waals surface area contributed by atoms with E-state index >= 15 is 0 Å². The molecule has 1 unspecified atom stereocenters. The van der Waals surface area contributed by atoms with Gasteiger partial charge in [-0.05, 0) is 50.2 Å². The summed E-state index contributed by atoms with van der Waals surface area (Å²) in [6.07, 6.45) is 0. The third kappa shape index (κ3) is 3.19. The number of aromatic nitrogens is 2. The van der Waals surface area contributed by atoms with Crippen LogP contribution in [0.15, 0.2) is 53.3 Å². The van der Waals surface area contributed by atoms with Crippen molar-refractivity contribution in [3.05, 3.63) is 70.3 Å². The quantitative estimate of drug-likeness (QED) is 0.739. The first-order chi connectivity index (χ1) is 12.4. The molecule has 1 atom stereocenters. The van der Waals surface area contributed by atoms with Crippen molar-refractivity contribution in [1.29, 1.82) is 0 Å². The summed E-state index contributed by atoms with van der Waals surface area (Å²) < 4.78 is 1.50. The van der Waals surface area contributed by atoms with Crippen molar-refractivity contribution in [2.45, 2.75) is 19.9 Å². The molecule has 3 N–H and O–H groups in total. The molecule has 1 aromatic heterocycles. The van der Waals surface area contributed by atoms with Crippen LogP contribution in [-0.4, -0.2) is 27.4 Å². The van der Waals surface area contributed by atoms with Gasteiger partial charge >= 0.3 is 0 Å². The number of rotatable bonds is 4. The van der Waals surface area contributed by atoms with E-state index in [1.807, 2.05) is 6.07 Å². The molecule has 0 saturated carbocycles. The lowest BCUT2D eigenvalue weighted by Crippen LogP contribution is -2.42. The Morgan fingerprint density at radius 3 is 2.42 bits per heavy atom. The molecule has 2 aromatic carbocycles. The number of nitrogens with two attached hydrogens (primary N) is 1. The minimum absolute atomic E-state index is 0.173. The zero-order chi connectivity index (χ0) is 18.8. The van der Waals surface area contributed by atoms with Gasteiger partial charge in [0.25, 0.3) is 11.5 Å². The number of nitrogens with zero attached hydrogens (tertiary/aromatic N) is 2. The van der Waals surface area contributed by atoms with Gasteiger partial charge in [0.15, 0.2) is 0 Å². The van der Waals surface area contributed by atoms with Crippen molar-refractivity contribution in [2.75, 3.05) is 0 Å². The fourth-order valence-corrected chi connectivity index (χ4v) is 2.66. The highest BCUT2D eigenvalue weighted by Gasteiger charge is 2.14. The molecule has 132 valence electrons. The largest absolute Gasteiger partial charge is 0.368 e. The molecular formula is C19H18N4O3. The van der Waals surface area contributed by atoms with Crippen LogP contribution in [0.2, 0.25) is 0 Å². The maximum Gasteiger partial charge on any atom is 0.265 e. The topological polar surface area (TPSA) is 107 Å². The fraction of sp³-hybridized carbons (Fsp3) is 0.158. The third-order valence-electron chi connectivity index (χ3n) is 4.11. The van der Waals surface area contributed by atoms with E-state index in [9.17, 15) is 14.4 Å². The summed E-state index contributed by atoms with van der Waals surface area (Å²) in [6, 6.07) is 12.9. The SMILES string of the molecule is Cc1nc2ccccc2c(=O)n1-c1ccc(C(=O)NC(C)C(N)=O)cc1. The molecule has 3 rings (SSSR count). The lowest BCUT2D eigenvalue weighted by molar-refractivity contribution is -0.119. The number of hydrogen-bond donors (Lipinski definition) is 2. The molecule has 0 bridgehead atoms. The first kappa shape index (κ1) is 17.3. The molecule has 0 radical (unpaired) electrons. The van der Waals surface area contributed by atoms with Gasteiger partial charge in [0, 0.05) is 5.56 Å². The van der Waals surface area contributed by atoms with Crippen molar-refractivity contribution in [3.8, 4) is 5.69 Å². The van der Waals surface area contributed by atoms with Crippen molar-refractivity contribution < 1.29 is 9.59 Å². The highest BCUT2D eigenvalue weighted by Crippen LogP contribution is 2.13. The zero-order valence-corrected chi connectivity index (χ0v) is 14.4. The summed E-state index contributed by atoms with van der Waals surface area (Å²) in [5.41, 5.74) is 6.57. The molecule has 0 aliphatic carbocycles. The Labute approximate surface area is 149 Å². The molecule has 7 heteroatoms. The first-order valence-corrected chi connectivity index (χ1v) is 8.07. The van der Waals surface area contributed by atoms with Crippen LogP contribution in [0.1, 0.15) is 23.1 Å². The van der Waals surface area contributed by atoms with E-state index in [4.69, 9.17) is 5.73 Å². The van der Waals surface area contributed by atoms with Gasteiger partial charge in [-0.1, -0.05) is 12.1 Å². The standard InChI is InChI=1S/C19H18N4O3/c1-11(17(20)24)21-18(25)13-7-9-14(10-8-13)23-12(2)22-16-6-4-3-5-15(16)19(23)26/h3-11H,1-2H3,(H2,20,24)(H,21,25). The number of amides is 2. The highest BCUT2D eigenvalue weighted by atomic mass is 16.2. The summed E-state index contributed by atoms with van der Waals surface area (Å²) in [4.78, 5) is 40.4. The fourth-order valence-electron chi connectivity index (χ4n) is 2.66. The second kappa shape index (κ2) is 6.79. The van der Waals surface area contributed by atoms with E-state index in [0.717, 1.165) is 0 Å². The number of benzene rings is 2. The number of para-hydroxylation sites is 1. The Balaban J connectivity index is 1.97. The van der Waals surface area contributed by atoms with Crippen LogP contribution >= 0.6 is 0 Å². The number of fused-ring (bicyclic) bond motifs is 1. The molecule has 0 saturated heterocycles. The molecule has 0 aliphatic heterocycles. The molecule has 0 aliphatic rings. The summed E-state index contributed by atoms with van der Waals surface area (Å²) >= 11 is 0. The predicted molar refractivity (Wildman–Crippen MR) is 98.2 cm³/mol. The number of carbonyl (C=O) groups is 2. The minimum atomic E-state index is -0.767. The van der Waals surface area contributed by atoms with E-state index in [1.165, 1.54) is 11.5 Å². The van der Waals surface area contributed by atoms with E-state index in [0.29, 0.717) is 28.0 Å². The molecule has 7 nitrogen and oxygen atoms in total. The van der Waals surface area contributed by atoms with Crippen LogP contribution in [0.4, 0.5) is 0 Å². The van der Waals surface area contributed by atoms with Crippen LogP contribution < -0.4 is 16.6 Å². The summed E-state index contributed by atoms with van der Waals surface area (Å²) in [5.74, 6) is -0.476. The summed E-state index contributed by atoms with van der Waals surface area (Å²) in [6.45, 7) is 3.27. The second-order valence-corrected chi connectivity index (χ2v) is 5.96. The summed E-state index contributed by atoms with van der Waals surface area (Å²) in [5, 5.41) is 3.03. The maximum atomic E-state index is 12.8. The third-order valence-corrected chi connectivity index (χ3v) is 4.11. The van der Waals surface area contributed by atoms with Gasteiger partial charge in [0.05, 0.1) is 16.6 Å². The Hall–Kier alpha value is -3.48. The van der Waals surface area contributed by atoms with Gasteiger partial charge in [0.1, 0.15) is 11.9 Å². The van der Waals surface area contributed by atoms with E-state index in [2.05, 4.69) is 10.3 Å². The maximum absolute atomic E-state index is 12.8. The van der Waals surface area contributed by atoms with Crippen LogP contribution in [-0.2, 0) is 4.79 Å². The van der Waals surface area contributed by atoms with Crippen molar-refractivity contribution in [2.24, 2.45) is 5.73 Å². The van der Waals surface area contributed by atoms with Crippen molar-refractivity contribution in [1.82, 2.24) is 14.9 Å². The zero-order valence-electron chi connectivity index (χ0n) is 14.4. The minimum Gasteiger partial charge on any atom is -0.368 e. The van der Waals surface area contributed by atoms with Crippen LogP contribution in [0.5, 0.6) is 0 Å². The lowest BCUT2D eigenvalue weighted by atomic mass is 10.1. The normalized spacial score (nSPS) is 11.9. The first-order valence-electron chi connectivity index (χ1n) is 8.07. The number of aryl methyl sites for hydroxylation is 1. The Bertz CT molecular complexity index is 1050. The van der Waals surface area contributed by atoms with Crippen LogP contribution in [0.3, 0.4) is 0 Å².